The van der Waals surface area contributed by atoms with Gasteiger partial charge in [-0.2, -0.15) is 0 Å². The van der Waals surface area contributed by atoms with Crippen molar-refractivity contribution in [1.82, 2.24) is 0 Å². The van der Waals surface area contributed by atoms with Crippen molar-refractivity contribution >= 4 is 11.9 Å². The number of aromatic hydroxyl groups is 1. The Morgan fingerprint density at radius 1 is 1.04 bits per heavy atom. The monoisotopic (exact) mass is 321 g/mol. The quantitative estimate of drug-likeness (QED) is 0.692. The lowest BCUT2D eigenvalue weighted by Crippen LogP contribution is -2.23. The molecular weight excluding hydrogens is 294 g/mol. The zero-order valence-electron chi connectivity index (χ0n) is 14.9. The third kappa shape index (κ3) is 3.53. The van der Waals surface area contributed by atoms with E-state index in [1.165, 1.54) is 24.8 Å². The Morgan fingerprint density at radius 3 is 2.38 bits per heavy atom. The summed E-state index contributed by atoms with van der Waals surface area (Å²) in [4.78, 5) is 4.52. The Morgan fingerprint density at radius 2 is 1.71 bits per heavy atom. The van der Waals surface area contributed by atoms with E-state index in [1.807, 2.05) is 36.4 Å². The minimum absolute atomic E-state index is 0.408. The number of benzene rings is 2. The lowest BCUT2D eigenvalue weighted by atomic mass is 9.70. The molecule has 2 atom stereocenters. The molecule has 1 N–H and O–H groups in total. The highest BCUT2D eigenvalue weighted by Crippen LogP contribution is 2.45. The van der Waals surface area contributed by atoms with Gasteiger partial charge in [0.15, 0.2) is 0 Å². The number of phenolic OH excluding ortho intramolecular Hbond substituents is 1. The molecule has 1 aliphatic carbocycles. The number of para-hydroxylation sites is 1. The summed E-state index contributed by atoms with van der Waals surface area (Å²) in [5, 5.41) is 10.9. The fraction of sp³-hybridized carbons (Fsp3) is 0.409. The summed E-state index contributed by atoms with van der Waals surface area (Å²) in [6.45, 7) is 6.74. The lowest BCUT2D eigenvalue weighted by molar-refractivity contribution is 0.244. The van der Waals surface area contributed by atoms with Crippen LogP contribution in [0.1, 0.15) is 55.7 Å². The third-order valence-corrected chi connectivity index (χ3v) is 5.33. The smallest absolute Gasteiger partial charge is 0.127 e. The Hall–Kier alpha value is -2.09. The molecule has 0 amide bonds. The van der Waals surface area contributed by atoms with Gasteiger partial charge in [-0.3, -0.25) is 4.99 Å². The number of aryl methyl sites for hydroxylation is 1. The van der Waals surface area contributed by atoms with Crippen LogP contribution in [-0.4, -0.2) is 11.3 Å². The van der Waals surface area contributed by atoms with Crippen molar-refractivity contribution < 1.29 is 5.11 Å². The second kappa shape index (κ2) is 7.21. The summed E-state index contributed by atoms with van der Waals surface area (Å²) in [5.74, 6) is 2.06. The molecule has 1 saturated carbocycles. The van der Waals surface area contributed by atoms with Crippen LogP contribution in [0.5, 0.6) is 5.75 Å². The highest BCUT2D eigenvalue weighted by atomic mass is 16.3. The Bertz CT molecular complexity index is 710. The van der Waals surface area contributed by atoms with E-state index in [-0.39, 0.29) is 0 Å². The molecule has 0 heterocycles. The molecular formula is C22H27NO. The van der Waals surface area contributed by atoms with Gasteiger partial charge in [0, 0.05) is 11.8 Å². The van der Waals surface area contributed by atoms with Crippen molar-refractivity contribution in [2.45, 2.75) is 46.0 Å². The zero-order chi connectivity index (χ0) is 17.1. The van der Waals surface area contributed by atoms with Crippen molar-refractivity contribution in [1.29, 1.82) is 0 Å². The fourth-order valence-electron chi connectivity index (χ4n) is 4.14. The van der Waals surface area contributed by atoms with Crippen LogP contribution in [-0.2, 0) is 0 Å². The number of phenols is 1. The first-order chi connectivity index (χ1) is 11.6. The number of aliphatic imine (C=N–C) groups is 1. The van der Waals surface area contributed by atoms with Gasteiger partial charge >= 0.3 is 0 Å². The molecule has 0 aromatic heterocycles. The summed E-state index contributed by atoms with van der Waals surface area (Å²) in [6.07, 6.45) is 5.58. The van der Waals surface area contributed by atoms with Crippen LogP contribution in [0, 0.1) is 18.8 Å². The number of hydrogen-bond acceptors (Lipinski definition) is 2. The molecule has 0 aliphatic heterocycles. The zero-order valence-corrected chi connectivity index (χ0v) is 14.9. The number of rotatable bonds is 3. The maximum atomic E-state index is 10.9. The standard InChI is InChI=1S/C22H27NO/c1-15-12-18(14-23-19-10-5-4-6-11-19)22(24)20(13-15)21-16(2)8-7-9-17(21)3/h4-6,10-14,16-17,21,24H,7-9H2,1-3H3. The summed E-state index contributed by atoms with van der Waals surface area (Å²) in [5.41, 5.74) is 4.00. The van der Waals surface area contributed by atoms with Crippen molar-refractivity contribution in [2.24, 2.45) is 16.8 Å². The van der Waals surface area contributed by atoms with Crippen molar-refractivity contribution in [3.63, 3.8) is 0 Å². The molecule has 2 heteroatoms. The number of hydrogen-bond donors (Lipinski definition) is 1. The van der Waals surface area contributed by atoms with Crippen LogP contribution in [0.3, 0.4) is 0 Å². The topological polar surface area (TPSA) is 32.6 Å². The van der Waals surface area contributed by atoms with Gasteiger partial charge in [-0.1, -0.05) is 57.4 Å². The van der Waals surface area contributed by atoms with E-state index in [2.05, 4.69) is 31.8 Å². The van der Waals surface area contributed by atoms with Gasteiger partial charge in [-0.15, -0.1) is 0 Å². The molecule has 1 aliphatic rings. The SMILES string of the molecule is Cc1cc(C=Nc2ccccc2)c(O)c(C2C(C)CCCC2C)c1. The van der Waals surface area contributed by atoms with E-state index < -0.39 is 0 Å². The highest BCUT2D eigenvalue weighted by molar-refractivity contribution is 5.86. The molecule has 1 fully saturated rings. The van der Waals surface area contributed by atoms with E-state index in [4.69, 9.17) is 0 Å². The average molecular weight is 321 g/mol. The van der Waals surface area contributed by atoms with Gasteiger partial charge in [-0.25, -0.2) is 0 Å². The van der Waals surface area contributed by atoms with Gasteiger partial charge in [0.25, 0.3) is 0 Å². The van der Waals surface area contributed by atoms with Crippen LogP contribution >= 0.6 is 0 Å². The van der Waals surface area contributed by atoms with Crippen LogP contribution in [0.4, 0.5) is 5.69 Å². The number of nitrogens with zero attached hydrogens (tertiary/aromatic N) is 1. The molecule has 0 saturated heterocycles. The maximum Gasteiger partial charge on any atom is 0.127 e. The molecule has 2 aromatic carbocycles. The van der Waals surface area contributed by atoms with Gasteiger partial charge in [0.2, 0.25) is 0 Å². The van der Waals surface area contributed by atoms with E-state index in [0.29, 0.717) is 23.5 Å². The predicted octanol–water partition coefficient (Wildman–Crippen LogP) is 5.99. The Labute approximate surface area is 145 Å². The molecule has 2 unspecified atom stereocenters. The molecule has 0 bridgehead atoms. The second-order valence-corrected chi connectivity index (χ2v) is 7.30. The first-order valence-electron chi connectivity index (χ1n) is 8.99. The van der Waals surface area contributed by atoms with Crippen molar-refractivity contribution in [2.75, 3.05) is 0 Å². The van der Waals surface area contributed by atoms with E-state index >= 15 is 0 Å². The van der Waals surface area contributed by atoms with E-state index in [0.717, 1.165) is 16.8 Å². The molecule has 2 nitrogen and oxygen atoms in total. The van der Waals surface area contributed by atoms with Crippen LogP contribution in [0.15, 0.2) is 47.5 Å². The van der Waals surface area contributed by atoms with E-state index in [1.54, 1.807) is 6.21 Å². The second-order valence-electron chi connectivity index (χ2n) is 7.30. The normalized spacial score (nSPS) is 24.4. The van der Waals surface area contributed by atoms with Gasteiger partial charge in [0.05, 0.1) is 5.69 Å². The first kappa shape index (κ1) is 16.8. The molecule has 0 spiro atoms. The average Bonchev–Trinajstić information content (AvgIpc) is 2.57. The predicted molar refractivity (Wildman–Crippen MR) is 101 cm³/mol. The van der Waals surface area contributed by atoms with Gasteiger partial charge in [0.1, 0.15) is 5.75 Å². The van der Waals surface area contributed by atoms with E-state index in [9.17, 15) is 5.11 Å². The van der Waals surface area contributed by atoms with Crippen molar-refractivity contribution in [3.05, 3.63) is 59.2 Å². The Kier molecular flexibility index (Phi) is 5.03. The van der Waals surface area contributed by atoms with Crippen LogP contribution < -0.4 is 0 Å². The van der Waals surface area contributed by atoms with Crippen LogP contribution in [0.2, 0.25) is 0 Å². The summed E-state index contributed by atoms with van der Waals surface area (Å²) < 4.78 is 0. The highest BCUT2D eigenvalue weighted by Gasteiger charge is 2.31. The van der Waals surface area contributed by atoms with Gasteiger partial charge < -0.3 is 5.11 Å². The summed E-state index contributed by atoms with van der Waals surface area (Å²) >= 11 is 0. The molecule has 126 valence electrons. The third-order valence-electron chi connectivity index (χ3n) is 5.33. The minimum Gasteiger partial charge on any atom is -0.507 e. The largest absolute Gasteiger partial charge is 0.507 e. The van der Waals surface area contributed by atoms with Crippen LogP contribution in [0.25, 0.3) is 0 Å². The Balaban J connectivity index is 1.97. The lowest BCUT2D eigenvalue weighted by Gasteiger charge is -2.35. The molecule has 24 heavy (non-hydrogen) atoms. The summed E-state index contributed by atoms with van der Waals surface area (Å²) in [7, 11) is 0. The van der Waals surface area contributed by atoms with Gasteiger partial charge in [-0.05, 0) is 54.0 Å². The first-order valence-corrected chi connectivity index (χ1v) is 8.99. The molecule has 3 rings (SSSR count). The molecule has 2 aromatic rings. The molecule has 0 radical (unpaired) electrons. The summed E-state index contributed by atoms with van der Waals surface area (Å²) in [6, 6.07) is 14.0. The van der Waals surface area contributed by atoms with Crippen molar-refractivity contribution in [3.8, 4) is 5.75 Å². The minimum atomic E-state index is 0.408. The fourth-order valence-corrected chi connectivity index (χ4v) is 4.14. The maximum absolute atomic E-state index is 10.9.